The van der Waals surface area contributed by atoms with Crippen molar-refractivity contribution in [3.05, 3.63) is 29.6 Å². The van der Waals surface area contributed by atoms with E-state index in [4.69, 9.17) is 5.11 Å². The van der Waals surface area contributed by atoms with Crippen LogP contribution >= 0.6 is 0 Å². The molecule has 0 radical (unpaired) electrons. The van der Waals surface area contributed by atoms with Crippen molar-refractivity contribution in [2.75, 3.05) is 33.3 Å². The number of hydrogen-bond acceptors (Lipinski definition) is 4. The van der Waals surface area contributed by atoms with Crippen LogP contribution in [0.3, 0.4) is 0 Å². The van der Waals surface area contributed by atoms with Crippen molar-refractivity contribution in [3.8, 4) is 11.8 Å². The van der Waals surface area contributed by atoms with Gasteiger partial charge in [-0.2, -0.15) is 0 Å². The molecule has 1 aliphatic rings. The van der Waals surface area contributed by atoms with E-state index in [1.807, 2.05) is 0 Å². The van der Waals surface area contributed by atoms with Gasteiger partial charge in [0.1, 0.15) is 0 Å². The Morgan fingerprint density at radius 3 is 3.14 bits per heavy atom. The Kier molecular flexibility index (Phi) is 5.73. The first-order valence-electron chi connectivity index (χ1n) is 7.20. The van der Waals surface area contributed by atoms with E-state index in [1.54, 1.807) is 18.5 Å². The van der Waals surface area contributed by atoms with Crippen LogP contribution in [0.2, 0.25) is 0 Å². The maximum absolute atomic E-state index is 12.1. The molecule has 0 bridgehead atoms. The third kappa shape index (κ3) is 4.85. The van der Waals surface area contributed by atoms with Crippen LogP contribution in [0.15, 0.2) is 18.5 Å². The van der Waals surface area contributed by atoms with Gasteiger partial charge >= 0.3 is 0 Å². The Balaban J connectivity index is 1.90. The number of nitrogens with one attached hydrogen (secondary N) is 1. The van der Waals surface area contributed by atoms with Crippen LogP contribution in [0.5, 0.6) is 0 Å². The molecule has 1 aromatic rings. The Labute approximate surface area is 125 Å². The van der Waals surface area contributed by atoms with Gasteiger partial charge < -0.3 is 15.3 Å². The zero-order valence-electron chi connectivity index (χ0n) is 12.3. The molecule has 1 fully saturated rings. The van der Waals surface area contributed by atoms with Crippen LogP contribution in [0.25, 0.3) is 0 Å². The Morgan fingerprint density at radius 2 is 2.43 bits per heavy atom. The standard InChI is InChI=1S/C16H21N3O2/c1-19-6-5-14(12-19)10-18-16(21)15-8-13(9-17-11-15)4-2-3-7-20/h8-9,11,14,20H,3,5-7,10,12H2,1H3,(H,18,21). The predicted octanol–water partition coefficient (Wildman–Crippen LogP) is 0.497. The molecule has 1 atom stereocenters. The lowest BCUT2D eigenvalue weighted by molar-refractivity contribution is 0.0947. The number of nitrogens with zero attached hydrogens (tertiary/aromatic N) is 2. The van der Waals surface area contributed by atoms with E-state index in [-0.39, 0.29) is 12.5 Å². The van der Waals surface area contributed by atoms with Crippen molar-refractivity contribution < 1.29 is 9.90 Å². The van der Waals surface area contributed by atoms with E-state index in [2.05, 4.69) is 34.1 Å². The quantitative estimate of drug-likeness (QED) is 0.791. The number of aliphatic hydroxyl groups is 1. The Bertz CT molecular complexity index is 548. The summed E-state index contributed by atoms with van der Waals surface area (Å²) < 4.78 is 0. The molecule has 0 aliphatic carbocycles. The van der Waals surface area contributed by atoms with Crippen LogP contribution in [0.1, 0.15) is 28.8 Å². The van der Waals surface area contributed by atoms with Gasteiger partial charge in [-0.25, -0.2) is 0 Å². The topological polar surface area (TPSA) is 65.5 Å². The first kappa shape index (κ1) is 15.5. The van der Waals surface area contributed by atoms with Gasteiger partial charge in [0.05, 0.1) is 12.2 Å². The summed E-state index contributed by atoms with van der Waals surface area (Å²) in [5.74, 6) is 6.13. The van der Waals surface area contributed by atoms with Crippen LogP contribution in [0, 0.1) is 17.8 Å². The molecule has 2 rings (SSSR count). The van der Waals surface area contributed by atoms with Gasteiger partial charge in [-0.05, 0) is 32.0 Å². The summed E-state index contributed by atoms with van der Waals surface area (Å²) in [6.45, 7) is 2.86. The molecule has 5 nitrogen and oxygen atoms in total. The minimum absolute atomic E-state index is 0.0381. The zero-order valence-corrected chi connectivity index (χ0v) is 12.3. The van der Waals surface area contributed by atoms with Gasteiger partial charge in [-0.15, -0.1) is 0 Å². The van der Waals surface area contributed by atoms with Crippen molar-refractivity contribution in [3.63, 3.8) is 0 Å². The largest absolute Gasteiger partial charge is 0.395 e. The molecule has 0 spiro atoms. The molecule has 1 aliphatic heterocycles. The summed E-state index contributed by atoms with van der Waals surface area (Å²) in [7, 11) is 2.10. The van der Waals surface area contributed by atoms with E-state index in [0.717, 1.165) is 19.5 Å². The molecule has 21 heavy (non-hydrogen) atoms. The lowest BCUT2D eigenvalue weighted by atomic mass is 10.1. The molecule has 0 saturated carbocycles. The number of carbonyl (C=O) groups excluding carboxylic acids is 1. The third-order valence-electron chi connectivity index (χ3n) is 3.51. The zero-order chi connectivity index (χ0) is 15.1. The summed E-state index contributed by atoms with van der Waals surface area (Å²) >= 11 is 0. The van der Waals surface area contributed by atoms with Crippen molar-refractivity contribution >= 4 is 5.91 Å². The molecule has 112 valence electrons. The number of rotatable bonds is 4. The molecule has 1 saturated heterocycles. The normalized spacial score (nSPS) is 18.1. The minimum Gasteiger partial charge on any atom is -0.395 e. The molecule has 1 amide bonds. The number of likely N-dealkylation sites (tertiary alicyclic amines) is 1. The van der Waals surface area contributed by atoms with Crippen LogP contribution in [-0.2, 0) is 0 Å². The minimum atomic E-state index is -0.108. The molecule has 2 heterocycles. The number of carbonyl (C=O) groups is 1. The number of aromatic nitrogens is 1. The smallest absolute Gasteiger partial charge is 0.252 e. The third-order valence-corrected chi connectivity index (χ3v) is 3.51. The van der Waals surface area contributed by atoms with Crippen LogP contribution in [-0.4, -0.2) is 54.2 Å². The van der Waals surface area contributed by atoms with Crippen molar-refractivity contribution in [1.82, 2.24) is 15.2 Å². The maximum Gasteiger partial charge on any atom is 0.252 e. The average molecular weight is 287 g/mol. The Hall–Kier alpha value is -1.90. The lowest BCUT2D eigenvalue weighted by Crippen LogP contribution is -2.30. The van der Waals surface area contributed by atoms with Crippen LogP contribution < -0.4 is 5.32 Å². The number of hydrogen-bond donors (Lipinski definition) is 2. The summed E-state index contributed by atoms with van der Waals surface area (Å²) in [6.07, 6.45) is 4.72. The molecular weight excluding hydrogens is 266 g/mol. The summed E-state index contributed by atoms with van der Waals surface area (Å²) in [6, 6.07) is 1.73. The number of aliphatic hydroxyl groups excluding tert-OH is 1. The van der Waals surface area contributed by atoms with E-state index in [9.17, 15) is 4.79 Å². The van der Waals surface area contributed by atoms with Gasteiger partial charge in [0.15, 0.2) is 0 Å². The van der Waals surface area contributed by atoms with Crippen LogP contribution in [0.4, 0.5) is 0 Å². The SMILES string of the molecule is CN1CCC(CNC(=O)c2cncc(C#CCCO)c2)C1. The lowest BCUT2D eigenvalue weighted by Gasteiger charge is -2.11. The van der Waals surface area contributed by atoms with Crippen molar-refractivity contribution in [2.24, 2.45) is 5.92 Å². The first-order valence-corrected chi connectivity index (χ1v) is 7.20. The second-order valence-corrected chi connectivity index (χ2v) is 5.36. The fourth-order valence-corrected chi connectivity index (χ4v) is 2.38. The monoisotopic (exact) mass is 287 g/mol. The first-order chi connectivity index (χ1) is 10.2. The van der Waals surface area contributed by atoms with Gasteiger partial charge in [-0.1, -0.05) is 11.8 Å². The Morgan fingerprint density at radius 1 is 1.57 bits per heavy atom. The fraction of sp³-hybridized carbons (Fsp3) is 0.500. The van der Waals surface area contributed by atoms with E-state index < -0.39 is 0 Å². The highest BCUT2D eigenvalue weighted by atomic mass is 16.2. The molecule has 0 aromatic carbocycles. The molecule has 2 N–H and O–H groups in total. The maximum atomic E-state index is 12.1. The predicted molar refractivity (Wildman–Crippen MR) is 80.8 cm³/mol. The second kappa shape index (κ2) is 7.77. The van der Waals surface area contributed by atoms with E-state index >= 15 is 0 Å². The van der Waals surface area contributed by atoms with Gasteiger partial charge in [0.25, 0.3) is 5.91 Å². The molecular formula is C16H21N3O2. The van der Waals surface area contributed by atoms with Gasteiger partial charge in [0.2, 0.25) is 0 Å². The van der Waals surface area contributed by atoms with E-state index in [0.29, 0.717) is 30.0 Å². The highest BCUT2D eigenvalue weighted by molar-refractivity contribution is 5.94. The number of amides is 1. The highest BCUT2D eigenvalue weighted by Gasteiger charge is 2.20. The summed E-state index contributed by atoms with van der Waals surface area (Å²) in [5, 5.41) is 11.7. The molecule has 1 aromatic heterocycles. The summed E-state index contributed by atoms with van der Waals surface area (Å²) in [5.41, 5.74) is 1.22. The van der Waals surface area contributed by atoms with Crippen molar-refractivity contribution in [1.29, 1.82) is 0 Å². The number of pyridine rings is 1. The average Bonchev–Trinajstić information content (AvgIpc) is 2.91. The fourth-order valence-electron chi connectivity index (χ4n) is 2.38. The second-order valence-electron chi connectivity index (χ2n) is 5.36. The highest BCUT2D eigenvalue weighted by Crippen LogP contribution is 2.13. The summed E-state index contributed by atoms with van der Waals surface area (Å²) in [4.78, 5) is 18.4. The molecule has 1 unspecified atom stereocenters. The van der Waals surface area contributed by atoms with Gasteiger partial charge in [0, 0.05) is 37.5 Å². The van der Waals surface area contributed by atoms with Crippen molar-refractivity contribution in [2.45, 2.75) is 12.8 Å². The van der Waals surface area contributed by atoms with Gasteiger partial charge in [-0.3, -0.25) is 9.78 Å². The molecule has 5 heteroatoms. The van der Waals surface area contributed by atoms with E-state index in [1.165, 1.54) is 0 Å².